The minimum atomic E-state index is -1.32. The number of nitriles is 1. The monoisotopic (exact) mass is 944 g/mol. The standard InChI is InChI=1S/C62H64N4O5/c1-4-6-8-10-12-14-37-69-48-28-21-43(22-29-48)58-59(44-23-30-49(31-24-44)70-38-15-13-11-9-7-5-2)65-61-53(57-36-32-50(71-57)39-46(41-63)62(67)68)34-33-51(60(61)64-58)45-25-35-56-54(40-45)52-17-16-18-55(52)66(56)47-26-19-42(3)20-27-47/h19-36,39-40H,4-18,37-38H2,1-3H3,(H,67,68)/b46-39-. The fourth-order valence-corrected chi connectivity index (χ4v) is 9.93. The highest BCUT2D eigenvalue weighted by atomic mass is 16.5. The molecule has 1 N–H and O–H groups in total. The zero-order valence-corrected chi connectivity index (χ0v) is 41.4. The Balaban J connectivity index is 1.16. The number of furan rings is 1. The molecule has 9 rings (SSSR count). The van der Waals surface area contributed by atoms with Gasteiger partial charge in [0.1, 0.15) is 40.2 Å². The Labute approximate surface area is 417 Å². The van der Waals surface area contributed by atoms with Crippen LogP contribution in [0.2, 0.25) is 0 Å². The molecule has 3 aromatic heterocycles. The Morgan fingerprint density at radius 2 is 1.24 bits per heavy atom. The molecule has 0 spiro atoms. The zero-order valence-electron chi connectivity index (χ0n) is 41.4. The minimum Gasteiger partial charge on any atom is -0.494 e. The van der Waals surface area contributed by atoms with Crippen molar-refractivity contribution in [1.29, 1.82) is 5.26 Å². The third-order valence-corrected chi connectivity index (χ3v) is 13.8. The lowest BCUT2D eigenvalue weighted by atomic mass is 9.96. The van der Waals surface area contributed by atoms with Crippen LogP contribution in [-0.4, -0.2) is 38.8 Å². The number of aliphatic carboxylic acids is 1. The Morgan fingerprint density at radius 3 is 1.83 bits per heavy atom. The Bertz CT molecular complexity index is 3190. The van der Waals surface area contributed by atoms with Crippen molar-refractivity contribution in [2.24, 2.45) is 0 Å². The van der Waals surface area contributed by atoms with Crippen LogP contribution >= 0.6 is 0 Å². The van der Waals surface area contributed by atoms with E-state index < -0.39 is 11.5 Å². The molecule has 0 aliphatic heterocycles. The Kier molecular flexibility index (Phi) is 15.7. The number of fused-ring (bicyclic) bond motifs is 4. The summed E-state index contributed by atoms with van der Waals surface area (Å²) < 4.78 is 21.2. The van der Waals surface area contributed by atoms with Gasteiger partial charge in [0.15, 0.2) is 0 Å². The van der Waals surface area contributed by atoms with Crippen molar-refractivity contribution in [3.05, 3.63) is 143 Å². The van der Waals surface area contributed by atoms with Gasteiger partial charge < -0.3 is 23.6 Å². The van der Waals surface area contributed by atoms with Gasteiger partial charge >= 0.3 is 5.97 Å². The first-order chi connectivity index (χ1) is 34.8. The van der Waals surface area contributed by atoms with Gasteiger partial charge in [-0.15, -0.1) is 0 Å². The molecule has 0 saturated carbocycles. The predicted molar refractivity (Wildman–Crippen MR) is 286 cm³/mol. The van der Waals surface area contributed by atoms with Gasteiger partial charge in [-0.25, -0.2) is 14.8 Å². The van der Waals surface area contributed by atoms with E-state index in [1.807, 2.05) is 30.3 Å². The van der Waals surface area contributed by atoms with Crippen molar-refractivity contribution < 1.29 is 23.8 Å². The van der Waals surface area contributed by atoms with Gasteiger partial charge in [0.2, 0.25) is 0 Å². The van der Waals surface area contributed by atoms with Crippen LogP contribution in [0.25, 0.3) is 78.7 Å². The van der Waals surface area contributed by atoms with Gasteiger partial charge in [0.05, 0.1) is 35.6 Å². The van der Waals surface area contributed by atoms with E-state index in [0.717, 1.165) is 84.4 Å². The Hall–Kier alpha value is -7.44. The van der Waals surface area contributed by atoms with Gasteiger partial charge in [0.25, 0.3) is 0 Å². The van der Waals surface area contributed by atoms with Crippen LogP contribution in [-0.2, 0) is 17.6 Å². The molecule has 1 aliphatic carbocycles. The van der Waals surface area contributed by atoms with Crippen molar-refractivity contribution in [3.8, 4) is 68.2 Å². The van der Waals surface area contributed by atoms with Crippen LogP contribution in [0.1, 0.15) is 120 Å². The average molecular weight is 945 g/mol. The van der Waals surface area contributed by atoms with Gasteiger partial charge in [-0.3, -0.25) is 0 Å². The third-order valence-electron chi connectivity index (χ3n) is 13.8. The summed E-state index contributed by atoms with van der Waals surface area (Å²) in [7, 11) is 0. The van der Waals surface area contributed by atoms with Crippen LogP contribution in [0.3, 0.4) is 0 Å². The number of aryl methyl sites for hydroxylation is 2. The molecule has 9 nitrogen and oxygen atoms in total. The van der Waals surface area contributed by atoms with Crippen LogP contribution in [0, 0.1) is 18.3 Å². The number of hydrogen-bond donors (Lipinski definition) is 1. The summed E-state index contributed by atoms with van der Waals surface area (Å²) in [6, 6.07) is 41.2. The molecule has 0 fully saturated rings. The number of carboxylic acid groups (broad SMARTS) is 1. The van der Waals surface area contributed by atoms with E-state index in [1.165, 1.54) is 90.9 Å². The van der Waals surface area contributed by atoms with E-state index in [9.17, 15) is 15.2 Å². The average Bonchev–Trinajstić information content (AvgIpc) is 4.15. The van der Waals surface area contributed by atoms with Crippen molar-refractivity contribution in [2.75, 3.05) is 13.2 Å². The molecule has 0 amide bonds. The molecule has 9 heteroatoms. The fourth-order valence-electron chi connectivity index (χ4n) is 9.93. The molecule has 0 unspecified atom stereocenters. The van der Waals surface area contributed by atoms with E-state index in [-0.39, 0.29) is 5.76 Å². The first-order valence-electron chi connectivity index (χ1n) is 25.8. The van der Waals surface area contributed by atoms with Crippen LogP contribution in [0.15, 0.2) is 125 Å². The highest BCUT2D eigenvalue weighted by molar-refractivity contribution is 6.04. The van der Waals surface area contributed by atoms with Crippen LogP contribution < -0.4 is 9.47 Å². The SMILES string of the molecule is CCCCCCCCOc1ccc(-c2nc3c(-c4ccc5c(c4)c4c(n5-c5ccc(C)cc5)CCC4)ccc(-c4ccc(/C=C(/C#N)C(=O)O)o4)c3nc2-c2ccc(OCCCCCCCC)cc2)cc1. The molecular formula is C62H64N4O5. The lowest BCUT2D eigenvalue weighted by Gasteiger charge is -2.16. The quantitative estimate of drug-likeness (QED) is 0.0382. The molecule has 0 atom stereocenters. The summed E-state index contributed by atoms with van der Waals surface area (Å²) in [5.41, 5.74) is 13.0. The molecule has 0 saturated heterocycles. The molecule has 5 aromatic carbocycles. The molecule has 0 radical (unpaired) electrons. The molecule has 3 heterocycles. The fraction of sp³-hybridized carbons (Fsp3) is 0.323. The summed E-state index contributed by atoms with van der Waals surface area (Å²) in [6.07, 6.45) is 18.8. The summed E-state index contributed by atoms with van der Waals surface area (Å²) in [6.45, 7) is 7.94. The number of unbranched alkanes of at least 4 members (excludes halogenated alkanes) is 10. The lowest BCUT2D eigenvalue weighted by Crippen LogP contribution is -2.00. The Morgan fingerprint density at radius 1 is 0.676 bits per heavy atom. The molecule has 8 aromatic rings. The van der Waals surface area contributed by atoms with Gasteiger partial charge in [-0.1, -0.05) is 108 Å². The van der Waals surface area contributed by atoms with Crippen molar-refractivity contribution in [3.63, 3.8) is 0 Å². The van der Waals surface area contributed by atoms with E-state index in [1.54, 1.807) is 18.2 Å². The number of aromatic nitrogens is 3. The van der Waals surface area contributed by atoms with Gasteiger partial charge in [-0.2, -0.15) is 5.26 Å². The second-order valence-corrected chi connectivity index (χ2v) is 18.9. The summed E-state index contributed by atoms with van der Waals surface area (Å²) in [5.74, 6) is 1.01. The molecule has 362 valence electrons. The topological polar surface area (TPSA) is 123 Å². The normalized spacial score (nSPS) is 12.4. The highest BCUT2D eigenvalue weighted by Crippen LogP contribution is 2.43. The molecule has 1 aliphatic rings. The second-order valence-electron chi connectivity index (χ2n) is 18.9. The molecular weight excluding hydrogens is 881 g/mol. The number of carbonyl (C=O) groups is 1. The van der Waals surface area contributed by atoms with E-state index in [0.29, 0.717) is 41.3 Å². The van der Waals surface area contributed by atoms with Crippen molar-refractivity contribution in [1.82, 2.24) is 14.5 Å². The first-order valence-corrected chi connectivity index (χ1v) is 25.8. The highest BCUT2D eigenvalue weighted by Gasteiger charge is 2.25. The number of nitrogens with zero attached hydrogens (tertiary/aromatic N) is 4. The summed E-state index contributed by atoms with van der Waals surface area (Å²) in [5, 5.41) is 20.4. The van der Waals surface area contributed by atoms with Crippen molar-refractivity contribution in [2.45, 2.75) is 117 Å². The zero-order chi connectivity index (χ0) is 49.1. The molecule has 71 heavy (non-hydrogen) atoms. The van der Waals surface area contributed by atoms with E-state index in [4.69, 9.17) is 23.9 Å². The number of hydrogen-bond acceptors (Lipinski definition) is 7. The first kappa shape index (κ1) is 48.6. The van der Waals surface area contributed by atoms with Gasteiger partial charge in [0, 0.05) is 45.1 Å². The number of benzene rings is 5. The third kappa shape index (κ3) is 11.1. The summed E-state index contributed by atoms with van der Waals surface area (Å²) >= 11 is 0. The summed E-state index contributed by atoms with van der Waals surface area (Å²) in [4.78, 5) is 23.0. The number of ether oxygens (including phenoxy) is 2. The number of carboxylic acids is 1. The van der Waals surface area contributed by atoms with Gasteiger partial charge in [-0.05, 0) is 141 Å². The van der Waals surface area contributed by atoms with Crippen LogP contribution in [0.4, 0.5) is 0 Å². The maximum atomic E-state index is 11.8. The lowest BCUT2D eigenvalue weighted by molar-refractivity contribution is -0.132. The second kappa shape index (κ2) is 23.0. The smallest absolute Gasteiger partial charge is 0.346 e. The predicted octanol–water partition coefficient (Wildman–Crippen LogP) is 16.1. The minimum absolute atomic E-state index is 0.244. The van der Waals surface area contributed by atoms with E-state index >= 15 is 0 Å². The maximum Gasteiger partial charge on any atom is 0.346 e. The van der Waals surface area contributed by atoms with Crippen molar-refractivity contribution >= 4 is 34.0 Å². The largest absolute Gasteiger partial charge is 0.494 e. The van der Waals surface area contributed by atoms with Crippen LogP contribution in [0.5, 0.6) is 11.5 Å². The number of rotatable bonds is 23. The maximum absolute atomic E-state index is 11.8. The van der Waals surface area contributed by atoms with E-state index in [2.05, 4.69) is 98.1 Å². The molecule has 0 bridgehead atoms.